The molecule has 9 heteroatoms. The van der Waals surface area contributed by atoms with Crippen molar-refractivity contribution in [1.29, 1.82) is 0 Å². The van der Waals surface area contributed by atoms with Crippen LogP contribution in [0.1, 0.15) is 63.9 Å². The van der Waals surface area contributed by atoms with Crippen molar-refractivity contribution < 1.29 is 29.0 Å². The molecule has 1 aromatic carbocycles. The van der Waals surface area contributed by atoms with E-state index in [1.165, 1.54) is 6.92 Å². The lowest BCUT2D eigenvalue weighted by Crippen LogP contribution is -2.50. The smallest absolute Gasteiger partial charge is 0.407 e. The zero-order valence-corrected chi connectivity index (χ0v) is 19.7. The highest BCUT2D eigenvalue weighted by molar-refractivity contribution is 6.05. The van der Waals surface area contributed by atoms with Crippen LogP contribution >= 0.6 is 0 Å². The number of nitrogens with zero attached hydrogens (tertiary/aromatic N) is 1. The number of alkyl carbamates (subject to hydrolysis) is 1. The summed E-state index contributed by atoms with van der Waals surface area (Å²) in [5.74, 6) is -1.03. The third-order valence-electron chi connectivity index (χ3n) is 4.67. The van der Waals surface area contributed by atoms with E-state index in [1.54, 1.807) is 45.0 Å². The van der Waals surface area contributed by atoms with E-state index in [-0.39, 0.29) is 24.6 Å². The third-order valence-corrected chi connectivity index (χ3v) is 4.67. The predicted octanol–water partition coefficient (Wildman–Crippen LogP) is 2.86. The van der Waals surface area contributed by atoms with Gasteiger partial charge in [0.2, 0.25) is 0 Å². The van der Waals surface area contributed by atoms with Gasteiger partial charge in [0, 0.05) is 18.7 Å². The molecule has 2 atom stereocenters. The van der Waals surface area contributed by atoms with Crippen LogP contribution in [0.3, 0.4) is 0 Å². The summed E-state index contributed by atoms with van der Waals surface area (Å²) in [5, 5.41) is 14.1. The van der Waals surface area contributed by atoms with Gasteiger partial charge >= 0.3 is 12.1 Å². The van der Waals surface area contributed by atoms with Gasteiger partial charge in [0.25, 0.3) is 5.91 Å². The van der Waals surface area contributed by atoms with Crippen LogP contribution in [-0.2, 0) is 16.1 Å². The van der Waals surface area contributed by atoms with Crippen LogP contribution in [0.4, 0.5) is 9.59 Å². The van der Waals surface area contributed by atoms with Crippen molar-refractivity contribution in [2.24, 2.45) is 5.92 Å². The number of nitrogens with one attached hydrogen (secondary N) is 2. The lowest BCUT2D eigenvalue weighted by atomic mass is 10.1. The Morgan fingerprint density at radius 2 is 1.81 bits per heavy atom. The molecule has 0 aliphatic rings. The molecule has 0 heterocycles. The molecule has 0 aliphatic carbocycles. The molecule has 0 spiro atoms. The minimum Gasteiger partial charge on any atom is -0.444 e. The predicted molar refractivity (Wildman–Crippen MR) is 120 cm³/mol. The van der Waals surface area contributed by atoms with Crippen LogP contribution in [0.15, 0.2) is 24.3 Å². The van der Waals surface area contributed by atoms with Crippen molar-refractivity contribution in [3.63, 3.8) is 0 Å². The van der Waals surface area contributed by atoms with E-state index in [4.69, 9.17) is 9.84 Å². The number of rotatable bonds is 9. The second-order valence-corrected chi connectivity index (χ2v) is 8.78. The lowest BCUT2D eigenvalue weighted by molar-refractivity contribution is -0.123. The normalized spacial score (nSPS) is 13.0. The van der Waals surface area contributed by atoms with Crippen molar-refractivity contribution in [1.82, 2.24) is 15.5 Å². The average Bonchev–Trinajstić information content (AvgIpc) is 2.73. The molecule has 1 aromatic rings. The van der Waals surface area contributed by atoms with Crippen molar-refractivity contribution in [3.8, 4) is 0 Å². The summed E-state index contributed by atoms with van der Waals surface area (Å²) in [6, 6.07) is 4.95. The molecule has 0 radical (unpaired) electrons. The van der Waals surface area contributed by atoms with Crippen LogP contribution in [0.25, 0.3) is 0 Å². The van der Waals surface area contributed by atoms with E-state index < -0.39 is 42.1 Å². The molecule has 178 valence electrons. The summed E-state index contributed by atoms with van der Waals surface area (Å²) in [6.45, 7) is 10.2. The highest BCUT2D eigenvalue weighted by Gasteiger charge is 2.27. The zero-order valence-electron chi connectivity index (χ0n) is 19.7. The van der Waals surface area contributed by atoms with Crippen molar-refractivity contribution in [2.45, 2.75) is 66.2 Å². The summed E-state index contributed by atoms with van der Waals surface area (Å²) in [5.41, 5.74) is 0.308. The molecule has 32 heavy (non-hydrogen) atoms. The van der Waals surface area contributed by atoms with Gasteiger partial charge in [-0.2, -0.15) is 0 Å². The molecule has 1 unspecified atom stereocenters. The van der Waals surface area contributed by atoms with E-state index in [2.05, 4.69) is 10.6 Å². The average molecular weight is 450 g/mol. The Morgan fingerprint density at radius 1 is 1.16 bits per heavy atom. The van der Waals surface area contributed by atoms with Gasteiger partial charge in [-0.1, -0.05) is 32.4 Å². The molecule has 0 aromatic heterocycles. The fraction of sp³-hybridized carbons (Fsp3) is 0.565. The van der Waals surface area contributed by atoms with Crippen molar-refractivity contribution in [3.05, 3.63) is 35.4 Å². The Bertz CT molecular complexity index is 818. The maximum atomic E-state index is 13.2. The minimum atomic E-state index is -0.927. The van der Waals surface area contributed by atoms with Crippen molar-refractivity contribution >= 4 is 23.8 Å². The molecule has 4 amide bonds. The Labute approximate surface area is 189 Å². The molecule has 0 fully saturated rings. The number of imide groups is 1. The van der Waals surface area contributed by atoms with E-state index in [0.29, 0.717) is 5.56 Å². The topological polar surface area (TPSA) is 125 Å². The van der Waals surface area contributed by atoms with Crippen LogP contribution in [0.2, 0.25) is 0 Å². The van der Waals surface area contributed by atoms with Gasteiger partial charge in [0.05, 0.1) is 6.04 Å². The van der Waals surface area contributed by atoms with Gasteiger partial charge in [-0.25, -0.2) is 9.59 Å². The van der Waals surface area contributed by atoms with Gasteiger partial charge in [0.1, 0.15) is 12.2 Å². The zero-order chi connectivity index (χ0) is 24.5. The molecule has 9 nitrogen and oxygen atoms in total. The summed E-state index contributed by atoms with van der Waals surface area (Å²) in [4.78, 5) is 50.5. The molecular weight excluding hydrogens is 414 g/mol. The van der Waals surface area contributed by atoms with E-state index in [0.717, 1.165) is 11.3 Å². The molecule has 3 N–H and O–H groups in total. The summed E-state index contributed by atoms with van der Waals surface area (Å²) in [7, 11) is 0. The maximum absolute atomic E-state index is 13.2. The third kappa shape index (κ3) is 9.05. The Morgan fingerprint density at radius 3 is 2.38 bits per heavy atom. The number of carbonyl (C=O) groups excluding carboxylic acids is 4. The first-order valence-corrected chi connectivity index (χ1v) is 10.7. The molecule has 0 saturated heterocycles. The first-order chi connectivity index (χ1) is 14.9. The Balaban J connectivity index is 2.99. The number of amides is 4. The number of urea groups is 1. The number of carbonyl (C=O) groups is 4. The van der Waals surface area contributed by atoms with E-state index >= 15 is 0 Å². The van der Waals surface area contributed by atoms with Crippen LogP contribution in [0, 0.1) is 5.92 Å². The highest BCUT2D eigenvalue weighted by Crippen LogP contribution is 2.13. The summed E-state index contributed by atoms with van der Waals surface area (Å²) < 4.78 is 5.20. The second kappa shape index (κ2) is 12.2. The number of ether oxygens (including phenoxy) is 1. The van der Waals surface area contributed by atoms with Crippen LogP contribution in [-0.4, -0.2) is 58.6 Å². The maximum Gasteiger partial charge on any atom is 0.407 e. The number of benzene rings is 1. The van der Waals surface area contributed by atoms with E-state index in [1.807, 2.05) is 13.8 Å². The van der Waals surface area contributed by atoms with Crippen molar-refractivity contribution in [2.75, 3.05) is 13.2 Å². The van der Waals surface area contributed by atoms with Gasteiger partial charge in [-0.3, -0.25) is 14.5 Å². The van der Waals surface area contributed by atoms with Crippen LogP contribution < -0.4 is 10.6 Å². The molecular formula is C23H35N3O6. The lowest BCUT2D eigenvalue weighted by Gasteiger charge is -2.26. The number of Topliss-reactive ketones (excluding diaryl/α,β-unsaturated/α-hetero) is 1. The molecule has 0 aliphatic heterocycles. The standard InChI is InChI=1S/C23H35N3O6/c1-7-15(2)13-26(21(30)25-16(3)19(28)14-27)20(29)18-10-8-9-17(11-18)12-24-22(31)32-23(4,5)6/h8-11,15-16,27H,7,12-14H2,1-6H3,(H,24,31)(H,25,30)/t15?,16-/m0/s1. The number of hydrogen-bond donors (Lipinski definition) is 3. The minimum absolute atomic E-state index is 0.0468. The molecule has 0 saturated carbocycles. The van der Waals surface area contributed by atoms with E-state index in [9.17, 15) is 19.2 Å². The Kier molecular flexibility index (Phi) is 10.3. The number of ketones is 1. The number of aliphatic hydroxyl groups excluding tert-OH is 1. The number of aliphatic hydroxyl groups is 1. The Hall–Kier alpha value is -2.94. The monoisotopic (exact) mass is 449 g/mol. The summed E-state index contributed by atoms with van der Waals surface area (Å²) >= 11 is 0. The van der Waals surface area contributed by atoms with Crippen LogP contribution in [0.5, 0.6) is 0 Å². The van der Waals surface area contributed by atoms with Gasteiger partial charge in [-0.05, 0) is 51.3 Å². The first-order valence-electron chi connectivity index (χ1n) is 10.7. The quantitative estimate of drug-likeness (QED) is 0.532. The molecule has 0 bridgehead atoms. The fourth-order valence-corrected chi connectivity index (χ4v) is 2.64. The van der Waals surface area contributed by atoms with Gasteiger partial charge in [-0.15, -0.1) is 0 Å². The second-order valence-electron chi connectivity index (χ2n) is 8.78. The van der Waals surface area contributed by atoms with Gasteiger partial charge in [0.15, 0.2) is 5.78 Å². The first kappa shape index (κ1) is 27.1. The fourth-order valence-electron chi connectivity index (χ4n) is 2.64. The largest absolute Gasteiger partial charge is 0.444 e. The summed E-state index contributed by atoms with van der Waals surface area (Å²) in [6.07, 6.45) is 0.178. The number of hydrogen-bond acceptors (Lipinski definition) is 6. The highest BCUT2D eigenvalue weighted by atomic mass is 16.6. The van der Waals surface area contributed by atoms with Gasteiger partial charge < -0.3 is 20.5 Å². The molecule has 1 rings (SSSR count). The SMILES string of the molecule is CCC(C)CN(C(=O)N[C@@H](C)C(=O)CO)C(=O)c1cccc(CNC(=O)OC(C)(C)C)c1.